The van der Waals surface area contributed by atoms with Crippen molar-refractivity contribution in [1.82, 2.24) is 0 Å². The molecular weight excluding hydrogens is 372 g/mol. The lowest BCUT2D eigenvalue weighted by molar-refractivity contribution is 1.11. The van der Waals surface area contributed by atoms with Crippen molar-refractivity contribution in [2.45, 2.75) is 12.8 Å². The van der Waals surface area contributed by atoms with Crippen molar-refractivity contribution >= 4 is 27.3 Å². The van der Waals surface area contributed by atoms with E-state index in [0.29, 0.717) is 0 Å². The van der Waals surface area contributed by atoms with Crippen LogP contribution in [-0.4, -0.2) is 13.1 Å². The van der Waals surface area contributed by atoms with Crippen molar-refractivity contribution in [2.24, 2.45) is 0 Å². The third kappa shape index (κ3) is 2.54. The van der Waals surface area contributed by atoms with Crippen molar-refractivity contribution in [3.63, 3.8) is 0 Å². The topological polar surface area (TPSA) is 24.1 Å². The highest BCUT2D eigenvalue weighted by Gasteiger charge is 2.18. The summed E-state index contributed by atoms with van der Waals surface area (Å²) in [5.74, 6) is 0. The minimum Gasteiger partial charge on any atom is -0.384 e. The number of halogens is 1. The molecule has 0 atom stereocenters. The first kappa shape index (κ1) is 15.0. The molecule has 0 aliphatic carbocycles. The van der Waals surface area contributed by atoms with Gasteiger partial charge in [0.15, 0.2) is 0 Å². The first-order chi connectivity index (χ1) is 12.3. The van der Waals surface area contributed by atoms with E-state index in [-0.39, 0.29) is 0 Å². The molecule has 0 bridgehead atoms. The summed E-state index contributed by atoms with van der Waals surface area (Å²) >= 11 is 3.73. The summed E-state index contributed by atoms with van der Waals surface area (Å²) in [4.78, 5) is 0. The van der Waals surface area contributed by atoms with Gasteiger partial charge in [-0.15, -0.1) is 0 Å². The van der Waals surface area contributed by atoms with Gasteiger partial charge in [-0.25, -0.2) is 0 Å². The Balaban J connectivity index is 1.68. The maximum atomic E-state index is 3.73. The summed E-state index contributed by atoms with van der Waals surface area (Å²) in [6.07, 6.45) is 2.22. The Morgan fingerprint density at radius 1 is 0.680 bits per heavy atom. The first-order valence-corrected chi connectivity index (χ1v) is 9.62. The maximum absolute atomic E-state index is 3.73. The van der Waals surface area contributed by atoms with Gasteiger partial charge in [-0.2, -0.15) is 0 Å². The fourth-order valence-corrected chi connectivity index (χ4v) is 4.55. The number of rotatable bonds is 2. The van der Waals surface area contributed by atoms with E-state index in [2.05, 4.69) is 81.2 Å². The summed E-state index contributed by atoms with van der Waals surface area (Å²) in [5.41, 5.74) is 10.5. The second-order valence-corrected chi connectivity index (χ2v) is 7.68. The molecule has 0 saturated heterocycles. The van der Waals surface area contributed by atoms with Crippen LogP contribution in [0.5, 0.6) is 0 Å². The van der Waals surface area contributed by atoms with E-state index >= 15 is 0 Å². The third-order valence-corrected chi connectivity index (χ3v) is 5.67. The molecule has 3 heteroatoms. The zero-order valence-corrected chi connectivity index (χ0v) is 15.5. The zero-order valence-electron chi connectivity index (χ0n) is 13.9. The zero-order chi connectivity index (χ0) is 16.8. The van der Waals surface area contributed by atoms with Crippen molar-refractivity contribution < 1.29 is 0 Å². The van der Waals surface area contributed by atoms with Gasteiger partial charge in [-0.3, -0.25) is 0 Å². The molecule has 2 aliphatic rings. The molecule has 3 aromatic carbocycles. The average molecular weight is 391 g/mol. The van der Waals surface area contributed by atoms with E-state index in [9.17, 15) is 0 Å². The average Bonchev–Trinajstić information content (AvgIpc) is 3.29. The lowest BCUT2D eigenvalue weighted by Crippen LogP contribution is -1.95. The van der Waals surface area contributed by atoms with E-state index in [1.165, 1.54) is 44.8 Å². The number of hydrogen-bond donors (Lipinski definition) is 2. The molecule has 2 N–H and O–H groups in total. The fourth-order valence-electron chi connectivity index (χ4n) is 4.06. The summed E-state index contributed by atoms with van der Waals surface area (Å²) < 4.78 is 1.12. The summed E-state index contributed by atoms with van der Waals surface area (Å²) in [6.45, 7) is 2.06. The second-order valence-electron chi connectivity index (χ2n) is 6.76. The Kier molecular flexibility index (Phi) is 3.56. The Labute approximate surface area is 156 Å². The fraction of sp³-hybridized carbons (Fsp3) is 0.182. The highest BCUT2D eigenvalue weighted by atomic mass is 79.9. The highest BCUT2D eigenvalue weighted by molar-refractivity contribution is 9.10. The number of para-hydroxylation sites is 2. The standard InChI is InChI=1S/C22H19BrN2/c23-18-12-16(19-5-1-3-14-7-9-24-21(14)19)11-17(13-18)20-6-2-4-15-8-10-25-22(15)20/h1-6,11-13,24-25H,7-10H2. The Hall–Kier alpha value is -2.26. The molecular formula is C22H19BrN2. The maximum Gasteiger partial charge on any atom is 0.0453 e. The molecule has 0 unspecified atom stereocenters. The van der Waals surface area contributed by atoms with Crippen LogP contribution in [0.1, 0.15) is 11.1 Å². The predicted molar refractivity (Wildman–Crippen MR) is 109 cm³/mol. The number of nitrogens with one attached hydrogen (secondary N) is 2. The molecule has 0 fully saturated rings. The minimum absolute atomic E-state index is 1.03. The molecule has 3 aromatic rings. The van der Waals surface area contributed by atoms with Crippen LogP contribution in [0, 0.1) is 0 Å². The van der Waals surface area contributed by atoms with Gasteiger partial charge >= 0.3 is 0 Å². The smallest absolute Gasteiger partial charge is 0.0453 e. The van der Waals surface area contributed by atoms with Crippen LogP contribution in [0.3, 0.4) is 0 Å². The summed E-state index contributed by atoms with van der Waals surface area (Å²) in [7, 11) is 0. The van der Waals surface area contributed by atoms with Gasteiger partial charge in [0.1, 0.15) is 0 Å². The lowest BCUT2D eigenvalue weighted by atomic mass is 9.95. The monoisotopic (exact) mass is 390 g/mol. The molecule has 5 rings (SSSR count). The van der Waals surface area contributed by atoms with Crippen molar-refractivity contribution in [3.05, 3.63) is 70.2 Å². The van der Waals surface area contributed by atoms with E-state index in [1.807, 2.05) is 0 Å². The van der Waals surface area contributed by atoms with Crippen LogP contribution in [0.15, 0.2) is 59.1 Å². The van der Waals surface area contributed by atoms with Gasteiger partial charge in [0.05, 0.1) is 0 Å². The normalized spacial score (nSPS) is 14.6. The number of hydrogen-bond acceptors (Lipinski definition) is 2. The van der Waals surface area contributed by atoms with Gasteiger partial charge in [0, 0.05) is 40.1 Å². The quantitative estimate of drug-likeness (QED) is 0.584. The molecule has 0 saturated carbocycles. The van der Waals surface area contributed by atoms with E-state index < -0.39 is 0 Å². The van der Waals surface area contributed by atoms with Gasteiger partial charge in [-0.05, 0) is 53.3 Å². The lowest BCUT2D eigenvalue weighted by Gasteiger charge is -2.14. The van der Waals surface area contributed by atoms with Gasteiger partial charge in [0.25, 0.3) is 0 Å². The molecule has 25 heavy (non-hydrogen) atoms. The molecule has 0 radical (unpaired) electrons. The number of benzene rings is 3. The SMILES string of the molecule is Brc1cc(-c2cccc3c2NCC3)cc(-c2cccc3c2NCC3)c1. The molecule has 2 aliphatic heterocycles. The van der Waals surface area contributed by atoms with Gasteiger partial charge < -0.3 is 10.6 Å². The molecule has 0 spiro atoms. The number of fused-ring (bicyclic) bond motifs is 2. The van der Waals surface area contributed by atoms with Crippen LogP contribution in [0.2, 0.25) is 0 Å². The Morgan fingerprint density at radius 3 is 1.72 bits per heavy atom. The van der Waals surface area contributed by atoms with Crippen LogP contribution < -0.4 is 10.6 Å². The molecule has 0 aromatic heterocycles. The van der Waals surface area contributed by atoms with Gasteiger partial charge in [-0.1, -0.05) is 52.3 Å². The van der Waals surface area contributed by atoms with Crippen LogP contribution in [0.25, 0.3) is 22.3 Å². The van der Waals surface area contributed by atoms with E-state index in [4.69, 9.17) is 0 Å². The largest absolute Gasteiger partial charge is 0.384 e. The highest BCUT2D eigenvalue weighted by Crippen LogP contribution is 2.40. The Bertz CT molecular complexity index is 902. The predicted octanol–water partition coefficient (Wildman–Crippen LogP) is 5.72. The Morgan fingerprint density at radius 2 is 1.20 bits per heavy atom. The van der Waals surface area contributed by atoms with Crippen LogP contribution in [0.4, 0.5) is 11.4 Å². The van der Waals surface area contributed by atoms with Crippen LogP contribution in [-0.2, 0) is 12.8 Å². The van der Waals surface area contributed by atoms with Crippen molar-refractivity contribution in [3.8, 4) is 22.3 Å². The van der Waals surface area contributed by atoms with Crippen molar-refractivity contribution in [1.29, 1.82) is 0 Å². The van der Waals surface area contributed by atoms with E-state index in [0.717, 1.165) is 30.4 Å². The molecule has 0 amide bonds. The third-order valence-electron chi connectivity index (χ3n) is 5.21. The first-order valence-electron chi connectivity index (χ1n) is 8.82. The van der Waals surface area contributed by atoms with E-state index in [1.54, 1.807) is 0 Å². The molecule has 2 heterocycles. The minimum atomic E-state index is 1.03. The summed E-state index contributed by atoms with van der Waals surface area (Å²) in [5, 5.41) is 7.12. The molecule has 124 valence electrons. The van der Waals surface area contributed by atoms with Crippen LogP contribution >= 0.6 is 15.9 Å². The van der Waals surface area contributed by atoms with Crippen molar-refractivity contribution in [2.75, 3.05) is 23.7 Å². The number of anilines is 2. The second kappa shape index (κ2) is 5.92. The molecule has 2 nitrogen and oxygen atoms in total. The summed E-state index contributed by atoms with van der Waals surface area (Å²) in [6, 6.07) is 20.0. The van der Waals surface area contributed by atoms with Gasteiger partial charge in [0.2, 0.25) is 0 Å².